The molecule has 0 atom stereocenters. The van der Waals surface area contributed by atoms with E-state index < -0.39 is 0 Å². The molecule has 12 aromatic rings. The lowest BCUT2D eigenvalue weighted by Crippen LogP contribution is -2.04. The predicted octanol–water partition coefficient (Wildman–Crippen LogP) is 13.0. The molecule has 0 N–H and O–H groups in total. The molecule has 0 amide bonds. The monoisotopic (exact) mass is 686 g/mol. The number of hydrogen-bond donors (Lipinski definition) is 0. The van der Waals surface area contributed by atoms with E-state index in [1.165, 1.54) is 64.9 Å². The molecule has 9 aromatic carbocycles. The summed E-state index contributed by atoms with van der Waals surface area (Å²) in [4.78, 5) is 10.9. The van der Waals surface area contributed by atoms with Crippen LogP contribution in [0.4, 0.5) is 0 Å². The molecule has 4 heteroatoms. The Labute approximate surface area is 309 Å². The van der Waals surface area contributed by atoms with Gasteiger partial charge in [-0.05, 0) is 86.9 Å². The lowest BCUT2D eigenvalue weighted by Gasteiger charge is -2.15. The predicted molar refractivity (Wildman–Crippen MR) is 226 cm³/mol. The van der Waals surface area contributed by atoms with Crippen LogP contribution in [0.25, 0.3) is 110 Å². The first-order valence-electron chi connectivity index (χ1n) is 18.4. The quantitative estimate of drug-likeness (QED) is 0.185. The molecule has 3 heterocycles. The zero-order chi connectivity index (χ0) is 35.3. The maximum atomic E-state index is 5.47. The molecule has 12 rings (SSSR count). The minimum absolute atomic E-state index is 0.810. The van der Waals surface area contributed by atoms with Crippen LogP contribution in [0.2, 0.25) is 0 Å². The second-order valence-electron chi connectivity index (χ2n) is 14.2. The van der Waals surface area contributed by atoms with Gasteiger partial charge in [0.05, 0.1) is 38.8 Å². The van der Waals surface area contributed by atoms with Crippen molar-refractivity contribution in [1.29, 1.82) is 0 Å². The van der Waals surface area contributed by atoms with Gasteiger partial charge in [-0.3, -0.25) is 4.57 Å². The van der Waals surface area contributed by atoms with Gasteiger partial charge in [-0.25, -0.2) is 9.97 Å². The summed E-state index contributed by atoms with van der Waals surface area (Å²) in [5.41, 5.74) is 9.28. The van der Waals surface area contributed by atoms with Gasteiger partial charge in [0.1, 0.15) is 5.69 Å². The first-order chi connectivity index (χ1) is 26.8. The lowest BCUT2D eigenvalue weighted by molar-refractivity contribution is 1.08. The van der Waals surface area contributed by atoms with Gasteiger partial charge in [0, 0.05) is 27.1 Å². The second-order valence-corrected chi connectivity index (χ2v) is 14.2. The van der Waals surface area contributed by atoms with E-state index in [0.29, 0.717) is 0 Å². The Bertz CT molecular complexity index is 3510. The smallest absolute Gasteiger partial charge is 0.165 e. The highest BCUT2D eigenvalue weighted by molar-refractivity contribution is 6.23. The highest BCUT2D eigenvalue weighted by Gasteiger charge is 2.24. The standard InChI is InChI=1S/C50H30N4/c1-2-14-33-28-36(25-24-31(33)12-1)49-50(52-41-20-9-8-19-40(41)51-49)54-44-23-11-22-43(48(44)39-29-34-15-3-4-16-35(34)30-46(39)54)53-42-21-10-7-18-38(42)47-37-17-6-5-13-32(37)26-27-45(47)53/h1-30H. The molecule has 0 aliphatic carbocycles. The Balaban J connectivity index is 1.25. The van der Waals surface area contributed by atoms with Crippen molar-refractivity contribution in [3.8, 4) is 22.8 Å². The summed E-state index contributed by atoms with van der Waals surface area (Å²) in [6, 6.07) is 65.5. The topological polar surface area (TPSA) is 35.6 Å². The molecular weight excluding hydrogens is 657 g/mol. The molecule has 0 bridgehead atoms. The fraction of sp³-hybridized carbons (Fsp3) is 0. The zero-order valence-electron chi connectivity index (χ0n) is 29.1. The van der Waals surface area contributed by atoms with E-state index in [9.17, 15) is 0 Å². The summed E-state index contributed by atoms with van der Waals surface area (Å²) in [5, 5.41) is 12.1. The average molecular weight is 687 g/mol. The molecular formula is C50H30N4. The fourth-order valence-corrected chi connectivity index (χ4v) is 8.82. The molecule has 0 unspecified atom stereocenters. The number of aromatic nitrogens is 4. The summed E-state index contributed by atoms with van der Waals surface area (Å²) in [6.45, 7) is 0. The first-order valence-corrected chi connectivity index (χ1v) is 18.4. The summed E-state index contributed by atoms with van der Waals surface area (Å²) < 4.78 is 4.82. The third-order valence-corrected chi connectivity index (χ3v) is 11.2. The third-order valence-electron chi connectivity index (χ3n) is 11.2. The number of nitrogens with zero attached hydrogens (tertiary/aromatic N) is 4. The number of hydrogen-bond acceptors (Lipinski definition) is 2. The summed E-state index contributed by atoms with van der Waals surface area (Å²) in [7, 11) is 0. The van der Waals surface area contributed by atoms with Crippen LogP contribution < -0.4 is 0 Å². The SMILES string of the molecule is c1ccc2cc(-c3nc4ccccc4nc3-n3c4cc5ccccc5cc4c4c(-n5c6ccccc6c6c7ccccc7ccc65)cccc43)ccc2c1. The minimum Gasteiger partial charge on any atom is -0.309 e. The van der Waals surface area contributed by atoms with Crippen LogP contribution in [0, 0.1) is 0 Å². The highest BCUT2D eigenvalue weighted by atomic mass is 15.1. The van der Waals surface area contributed by atoms with E-state index in [-0.39, 0.29) is 0 Å². The minimum atomic E-state index is 0.810. The molecule has 0 saturated carbocycles. The Morgan fingerprint density at radius 2 is 0.944 bits per heavy atom. The number of fused-ring (bicyclic) bond motifs is 11. The van der Waals surface area contributed by atoms with Crippen LogP contribution in [0.1, 0.15) is 0 Å². The van der Waals surface area contributed by atoms with E-state index in [1.54, 1.807) is 0 Å². The average Bonchev–Trinajstić information content (AvgIpc) is 3.75. The van der Waals surface area contributed by atoms with E-state index in [2.05, 4.69) is 179 Å². The molecule has 0 saturated heterocycles. The largest absolute Gasteiger partial charge is 0.309 e. The Kier molecular flexibility index (Phi) is 6.02. The highest BCUT2D eigenvalue weighted by Crippen LogP contribution is 2.43. The van der Waals surface area contributed by atoms with Gasteiger partial charge in [-0.15, -0.1) is 0 Å². The zero-order valence-corrected chi connectivity index (χ0v) is 29.1. The molecule has 54 heavy (non-hydrogen) atoms. The Hall–Kier alpha value is -7.30. The van der Waals surface area contributed by atoms with E-state index >= 15 is 0 Å². The second kappa shape index (κ2) is 11.1. The van der Waals surface area contributed by atoms with Crippen molar-refractivity contribution in [3.63, 3.8) is 0 Å². The van der Waals surface area contributed by atoms with Gasteiger partial charge in [0.15, 0.2) is 5.82 Å². The fourth-order valence-electron chi connectivity index (χ4n) is 8.82. The lowest BCUT2D eigenvalue weighted by atomic mass is 10.0. The molecule has 250 valence electrons. The summed E-state index contributed by atoms with van der Waals surface area (Å²) in [5.74, 6) is 0.810. The summed E-state index contributed by atoms with van der Waals surface area (Å²) in [6.07, 6.45) is 0. The molecule has 0 spiro atoms. The van der Waals surface area contributed by atoms with Gasteiger partial charge in [0.2, 0.25) is 0 Å². The van der Waals surface area contributed by atoms with Crippen molar-refractivity contribution in [3.05, 3.63) is 182 Å². The van der Waals surface area contributed by atoms with Crippen molar-refractivity contribution in [2.24, 2.45) is 0 Å². The van der Waals surface area contributed by atoms with Crippen LogP contribution >= 0.6 is 0 Å². The van der Waals surface area contributed by atoms with Gasteiger partial charge in [-0.2, -0.15) is 0 Å². The maximum absolute atomic E-state index is 5.47. The van der Waals surface area contributed by atoms with Crippen molar-refractivity contribution in [2.75, 3.05) is 0 Å². The van der Waals surface area contributed by atoms with E-state index in [0.717, 1.165) is 44.8 Å². The van der Waals surface area contributed by atoms with Crippen LogP contribution in [0.5, 0.6) is 0 Å². The summed E-state index contributed by atoms with van der Waals surface area (Å²) >= 11 is 0. The van der Waals surface area contributed by atoms with E-state index in [1.807, 2.05) is 12.1 Å². The normalized spacial score (nSPS) is 12.1. The molecule has 0 fully saturated rings. The number of rotatable bonds is 3. The first kappa shape index (κ1) is 29.3. The van der Waals surface area contributed by atoms with Crippen LogP contribution in [0.3, 0.4) is 0 Å². The number of para-hydroxylation sites is 3. The van der Waals surface area contributed by atoms with Crippen LogP contribution in [0.15, 0.2) is 182 Å². The van der Waals surface area contributed by atoms with Gasteiger partial charge >= 0.3 is 0 Å². The van der Waals surface area contributed by atoms with Crippen molar-refractivity contribution >= 4 is 87.0 Å². The van der Waals surface area contributed by atoms with Crippen molar-refractivity contribution in [1.82, 2.24) is 19.1 Å². The van der Waals surface area contributed by atoms with E-state index in [4.69, 9.17) is 9.97 Å². The van der Waals surface area contributed by atoms with Crippen LogP contribution in [-0.2, 0) is 0 Å². The molecule has 0 radical (unpaired) electrons. The molecule has 0 aliphatic heterocycles. The number of benzene rings is 9. The molecule has 3 aromatic heterocycles. The van der Waals surface area contributed by atoms with Crippen molar-refractivity contribution < 1.29 is 0 Å². The molecule has 0 aliphatic rings. The Morgan fingerprint density at radius 3 is 1.78 bits per heavy atom. The van der Waals surface area contributed by atoms with Gasteiger partial charge in [0.25, 0.3) is 0 Å². The third kappa shape index (κ3) is 4.13. The Morgan fingerprint density at radius 1 is 0.333 bits per heavy atom. The maximum Gasteiger partial charge on any atom is 0.165 e. The molecule has 4 nitrogen and oxygen atoms in total. The van der Waals surface area contributed by atoms with Crippen LogP contribution in [-0.4, -0.2) is 19.1 Å². The van der Waals surface area contributed by atoms with Gasteiger partial charge < -0.3 is 4.57 Å². The van der Waals surface area contributed by atoms with Gasteiger partial charge in [-0.1, -0.05) is 127 Å². The van der Waals surface area contributed by atoms with Crippen molar-refractivity contribution in [2.45, 2.75) is 0 Å².